The number of hydrogen-bond acceptors (Lipinski definition) is 5. The topological polar surface area (TPSA) is 67.6 Å². The van der Waals surface area contributed by atoms with Crippen molar-refractivity contribution in [3.8, 4) is 11.1 Å². The van der Waals surface area contributed by atoms with Crippen LogP contribution < -0.4 is 10.5 Å². The fourth-order valence-electron chi connectivity index (χ4n) is 2.95. The monoisotopic (exact) mass is 298 g/mol. The second-order valence-corrected chi connectivity index (χ2v) is 5.47. The van der Waals surface area contributed by atoms with Crippen LogP contribution >= 0.6 is 0 Å². The fraction of sp³-hybridized carbons (Fsp3) is 0.375. The molecule has 2 heterocycles. The normalized spacial score (nSPS) is 14.3. The van der Waals surface area contributed by atoms with Crippen LogP contribution in [0.4, 0.5) is 5.69 Å². The second-order valence-electron chi connectivity index (χ2n) is 5.47. The van der Waals surface area contributed by atoms with E-state index in [0.717, 1.165) is 42.7 Å². The molecule has 1 aromatic heterocycles. The largest absolute Gasteiger partial charge is 0.370 e. The highest BCUT2D eigenvalue weighted by Gasteiger charge is 2.21. The lowest BCUT2D eigenvalue weighted by molar-refractivity contribution is 0.706. The molecule has 1 fully saturated rings. The molecular weight excluding hydrogens is 280 g/mol. The van der Waals surface area contributed by atoms with Crippen LogP contribution in [-0.2, 0) is 13.6 Å². The molecule has 0 amide bonds. The SMILES string of the molecule is Cn1ncc(N2CCCC2)c(-c2ccccc2CN=O)c1=O. The van der Waals surface area contributed by atoms with Crippen LogP contribution in [0.2, 0.25) is 0 Å². The zero-order chi connectivity index (χ0) is 15.5. The molecule has 114 valence electrons. The first-order chi connectivity index (χ1) is 10.7. The first-order valence-corrected chi connectivity index (χ1v) is 7.41. The minimum Gasteiger partial charge on any atom is -0.370 e. The number of hydrogen-bond donors (Lipinski definition) is 0. The predicted octanol–water partition coefficient (Wildman–Crippen LogP) is 2.31. The van der Waals surface area contributed by atoms with Gasteiger partial charge in [-0.3, -0.25) is 4.79 Å². The lowest BCUT2D eigenvalue weighted by atomic mass is 9.99. The molecule has 0 atom stereocenters. The van der Waals surface area contributed by atoms with Gasteiger partial charge in [-0.2, -0.15) is 10.0 Å². The highest BCUT2D eigenvalue weighted by Crippen LogP contribution is 2.31. The smallest absolute Gasteiger partial charge is 0.276 e. The quantitative estimate of drug-likeness (QED) is 0.812. The van der Waals surface area contributed by atoms with Crippen LogP contribution in [0.3, 0.4) is 0 Å². The van der Waals surface area contributed by atoms with Crippen molar-refractivity contribution in [3.63, 3.8) is 0 Å². The van der Waals surface area contributed by atoms with E-state index in [0.29, 0.717) is 5.56 Å². The Labute approximate surface area is 128 Å². The summed E-state index contributed by atoms with van der Waals surface area (Å²) >= 11 is 0. The summed E-state index contributed by atoms with van der Waals surface area (Å²) in [6.07, 6.45) is 3.98. The van der Waals surface area contributed by atoms with Gasteiger partial charge in [0, 0.05) is 20.1 Å². The van der Waals surface area contributed by atoms with Crippen LogP contribution in [0.5, 0.6) is 0 Å². The van der Waals surface area contributed by atoms with Crippen LogP contribution in [0.1, 0.15) is 18.4 Å². The molecule has 6 heteroatoms. The average molecular weight is 298 g/mol. The Morgan fingerprint density at radius 3 is 2.68 bits per heavy atom. The summed E-state index contributed by atoms with van der Waals surface area (Å²) < 4.78 is 1.33. The van der Waals surface area contributed by atoms with Gasteiger partial charge in [-0.05, 0) is 24.0 Å². The number of benzene rings is 1. The molecule has 1 aromatic carbocycles. The van der Waals surface area contributed by atoms with Crippen LogP contribution in [0, 0.1) is 4.91 Å². The van der Waals surface area contributed by atoms with Gasteiger partial charge in [0.25, 0.3) is 5.56 Å². The molecule has 22 heavy (non-hydrogen) atoms. The lowest BCUT2D eigenvalue weighted by Crippen LogP contribution is -2.27. The molecule has 6 nitrogen and oxygen atoms in total. The highest BCUT2D eigenvalue weighted by atomic mass is 16.3. The Morgan fingerprint density at radius 2 is 1.95 bits per heavy atom. The van der Waals surface area contributed by atoms with E-state index >= 15 is 0 Å². The van der Waals surface area contributed by atoms with Crippen LogP contribution in [0.25, 0.3) is 11.1 Å². The highest BCUT2D eigenvalue weighted by molar-refractivity contribution is 5.79. The van der Waals surface area contributed by atoms with Crippen molar-refractivity contribution < 1.29 is 0 Å². The Balaban J connectivity index is 2.23. The van der Waals surface area contributed by atoms with E-state index in [1.165, 1.54) is 4.68 Å². The van der Waals surface area contributed by atoms with E-state index in [1.807, 2.05) is 24.3 Å². The van der Waals surface area contributed by atoms with Crippen molar-refractivity contribution in [2.45, 2.75) is 19.4 Å². The third kappa shape index (κ3) is 2.52. The third-order valence-electron chi connectivity index (χ3n) is 4.09. The summed E-state index contributed by atoms with van der Waals surface area (Å²) in [5.41, 5.74) is 2.84. The molecule has 3 rings (SSSR count). The standard InChI is InChI=1S/C16H18N4O2/c1-19-16(21)15(13-7-3-2-6-12(13)10-18-22)14(11-17-19)20-8-4-5-9-20/h2-3,6-7,11H,4-5,8-10H2,1H3. The summed E-state index contributed by atoms with van der Waals surface area (Å²) in [6, 6.07) is 7.43. The zero-order valence-electron chi connectivity index (χ0n) is 12.5. The summed E-state index contributed by atoms with van der Waals surface area (Å²) in [4.78, 5) is 25.6. The molecule has 0 saturated carbocycles. The molecule has 0 radical (unpaired) electrons. The maximum absolute atomic E-state index is 12.7. The van der Waals surface area contributed by atoms with Crippen LogP contribution in [-0.4, -0.2) is 22.9 Å². The van der Waals surface area contributed by atoms with E-state index in [1.54, 1.807) is 13.2 Å². The summed E-state index contributed by atoms with van der Waals surface area (Å²) in [5, 5.41) is 7.15. The molecule has 0 aliphatic carbocycles. The van der Waals surface area contributed by atoms with Crippen LogP contribution in [0.15, 0.2) is 40.4 Å². The zero-order valence-corrected chi connectivity index (χ0v) is 12.5. The number of rotatable bonds is 4. The van der Waals surface area contributed by atoms with Crippen molar-refractivity contribution in [1.29, 1.82) is 0 Å². The molecule has 1 saturated heterocycles. The summed E-state index contributed by atoms with van der Waals surface area (Å²) in [7, 11) is 1.64. The minimum atomic E-state index is -0.150. The fourth-order valence-corrected chi connectivity index (χ4v) is 2.95. The second kappa shape index (κ2) is 6.09. The van der Waals surface area contributed by atoms with Crippen molar-refractivity contribution in [3.05, 3.63) is 51.3 Å². The van der Waals surface area contributed by atoms with E-state index in [4.69, 9.17) is 0 Å². The maximum atomic E-state index is 12.7. The minimum absolute atomic E-state index is 0.0566. The van der Waals surface area contributed by atoms with Crippen molar-refractivity contribution in [2.75, 3.05) is 18.0 Å². The molecule has 2 aromatic rings. The Morgan fingerprint density at radius 1 is 1.23 bits per heavy atom. The van der Waals surface area contributed by atoms with Gasteiger partial charge in [0.15, 0.2) is 0 Å². The van der Waals surface area contributed by atoms with Gasteiger partial charge in [-0.25, -0.2) is 4.68 Å². The van der Waals surface area contributed by atoms with Gasteiger partial charge >= 0.3 is 0 Å². The maximum Gasteiger partial charge on any atom is 0.276 e. The third-order valence-corrected chi connectivity index (χ3v) is 4.09. The van der Waals surface area contributed by atoms with Gasteiger partial charge in [0.2, 0.25) is 0 Å². The molecule has 0 spiro atoms. The molecule has 1 aliphatic rings. The van der Waals surface area contributed by atoms with E-state index in [-0.39, 0.29) is 12.1 Å². The molecular formula is C16H18N4O2. The average Bonchev–Trinajstić information content (AvgIpc) is 3.05. The Kier molecular flexibility index (Phi) is 4.00. The first kappa shape index (κ1) is 14.4. The van der Waals surface area contributed by atoms with Gasteiger partial charge in [0.1, 0.15) is 6.54 Å². The number of nitrogens with zero attached hydrogens (tertiary/aromatic N) is 4. The summed E-state index contributed by atoms with van der Waals surface area (Å²) in [5.74, 6) is 0. The van der Waals surface area contributed by atoms with Crippen molar-refractivity contribution in [2.24, 2.45) is 12.2 Å². The number of anilines is 1. The first-order valence-electron chi connectivity index (χ1n) is 7.41. The van der Waals surface area contributed by atoms with E-state index < -0.39 is 0 Å². The Bertz CT molecular complexity index is 748. The van der Waals surface area contributed by atoms with Gasteiger partial charge in [-0.15, -0.1) is 0 Å². The number of aromatic nitrogens is 2. The van der Waals surface area contributed by atoms with Gasteiger partial charge < -0.3 is 4.90 Å². The summed E-state index contributed by atoms with van der Waals surface area (Å²) in [6.45, 7) is 1.91. The Hall–Kier alpha value is -2.50. The van der Waals surface area contributed by atoms with Crippen molar-refractivity contribution >= 4 is 5.69 Å². The molecule has 0 bridgehead atoms. The molecule has 0 unspecified atom stereocenters. The molecule has 1 aliphatic heterocycles. The number of aryl methyl sites for hydroxylation is 1. The van der Waals surface area contributed by atoms with E-state index in [9.17, 15) is 9.70 Å². The molecule has 0 N–H and O–H groups in total. The van der Waals surface area contributed by atoms with Gasteiger partial charge in [-0.1, -0.05) is 29.4 Å². The number of nitroso groups, excluding NO2 is 1. The van der Waals surface area contributed by atoms with Crippen molar-refractivity contribution in [1.82, 2.24) is 9.78 Å². The van der Waals surface area contributed by atoms with Gasteiger partial charge in [0.05, 0.1) is 17.4 Å². The predicted molar refractivity (Wildman–Crippen MR) is 85.9 cm³/mol. The van der Waals surface area contributed by atoms with E-state index in [2.05, 4.69) is 15.2 Å². The lowest BCUT2D eigenvalue weighted by Gasteiger charge is -2.21.